The quantitative estimate of drug-likeness (QED) is 0.511. The number of benzene rings is 1. The minimum atomic E-state index is -0.583. The van der Waals surface area contributed by atoms with E-state index in [4.69, 9.17) is 16.6 Å². The van der Waals surface area contributed by atoms with Gasteiger partial charge < -0.3 is 11.1 Å². The molecule has 0 bridgehead atoms. The van der Waals surface area contributed by atoms with Crippen molar-refractivity contribution in [2.45, 2.75) is 71.3 Å². The summed E-state index contributed by atoms with van der Waals surface area (Å²) in [7, 11) is 1.50. The van der Waals surface area contributed by atoms with Crippen LogP contribution in [0.2, 0.25) is 5.02 Å². The summed E-state index contributed by atoms with van der Waals surface area (Å²) >= 11 is 6.20. The molecule has 4 nitrogen and oxygen atoms in total. The number of carbonyl (C=O) groups is 1. The number of allylic oxidation sites excluding steroid dienone is 1. The monoisotopic (exact) mass is 497 g/mol. The van der Waals surface area contributed by atoms with Gasteiger partial charge in [0.2, 0.25) is 0 Å². The van der Waals surface area contributed by atoms with Gasteiger partial charge in [-0.25, -0.2) is 4.39 Å². The second-order valence-corrected chi connectivity index (χ2v) is 10.7. The fourth-order valence-electron chi connectivity index (χ4n) is 4.78. The molecule has 2 aromatic rings. The summed E-state index contributed by atoms with van der Waals surface area (Å²) in [5, 5.41) is 5.97. The van der Waals surface area contributed by atoms with Crippen molar-refractivity contribution in [1.29, 1.82) is 0 Å². The van der Waals surface area contributed by atoms with Crippen LogP contribution in [0.15, 0.2) is 24.9 Å². The normalized spacial score (nSPS) is 17.7. The molecule has 3 N–H and O–H groups in total. The van der Waals surface area contributed by atoms with Gasteiger partial charge in [-0.05, 0) is 55.0 Å². The maximum atomic E-state index is 14.5. The fraction of sp³-hybridized carbons (Fsp3) is 0.448. The van der Waals surface area contributed by atoms with Crippen LogP contribution in [0.25, 0.3) is 17.7 Å². The topological polar surface area (TPSA) is 68.0 Å². The molecule has 0 aliphatic heterocycles. The Balaban J connectivity index is 0.00000167. The second kappa shape index (κ2) is 11.5. The zero-order chi connectivity index (χ0) is 25.8. The number of aromatic nitrogens is 1. The highest BCUT2D eigenvalue weighted by Gasteiger charge is 2.24. The van der Waals surface area contributed by atoms with Crippen LogP contribution in [-0.4, -0.2) is 24.4 Å². The molecule has 188 valence electrons. The van der Waals surface area contributed by atoms with Crippen molar-refractivity contribution in [3.63, 3.8) is 0 Å². The number of halogens is 2. The molecule has 0 radical (unpaired) electrons. The Morgan fingerprint density at radius 2 is 1.91 bits per heavy atom. The highest BCUT2D eigenvalue weighted by molar-refractivity contribution is 6.33. The molecule has 2 aliphatic carbocycles. The van der Waals surface area contributed by atoms with Gasteiger partial charge in [-0.15, -0.1) is 0 Å². The number of nitrogens with two attached hydrogens (primary N) is 1. The van der Waals surface area contributed by atoms with Crippen LogP contribution in [0.4, 0.5) is 10.1 Å². The molecule has 0 spiro atoms. The molecule has 4 rings (SSSR count). The van der Waals surface area contributed by atoms with Crippen LogP contribution in [0, 0.1) is 11.2 Å². The number of nitrogens with zero attached hydrogens (tertiary/aromatic N) is 1. The van der Waals surface area contributed by atoms with Gasteiger partial charge >= 0.3 is 0 Å². The molecule has 1 aromatic heterocycles. The first-order valence-electron chi connectivity index (χ1n) is 12.4. The predicted octanol–water partition coefficient (Wildman–Crippen LogP) is 5.81. The van der Waals surface area contributed by atoms with Gasteiger partial charge in [0.05, 0.1) is 21.6 Å². The van der Waals surface area contributed by atoms with E-state index in [0.717, 1.165) is 45.8 Å². The van der Waals surface area contributed by atoms with E-state index in [0.29, 0.717) is 18.7 Å². The molecule has 1 unspecified atom stereocenters. The molecule has 2 aliphatic rings. The van der Waals surface area contributed by atoms with Gasteiger partial charge in [0, 0.05) is 28.9 Å². The Morgan fingerprint density at radius 3 is 2.51 bits per heavy atom. The van der Waals surface area contributed by atoms with Crippen molar-refractivity contribution in [1.82, 2.24) is 4.98 Å². The third-order valence-electron chi connectivity index (χ3n) is 6.91. The summed E-state index contributed by atoms with van der Waals surface area (Å²) in [6.45, 7) is 10.9. The lowest BCUT2D eigenvalue weighted by Gasteiger charge is -2.29. The Hall–Kier alpha value is -2.50. The number of pyridine rings is 1. The van der Waals surface area contributed by atoms with E-state index in [9.17, 15) is 9.18 Å². The van der Waals surface area contributed by atoms with Gasteiger partial charge in [0.25, 0.3) is 0 Å². The van der Waals surface area contributed by atoms with E-state index in [1.54, 1.807) is 6.07 Å². The first-order chi connectivity index (χ1) is 16.7. The van der Waals surface area contributed by atoms with E-state index < -0.39 is 5.82 Å². The highest BCUT2D eigenvalue weighted by atomic mass is 35.5. The van der Waals surface area contributed by atoms with E-state index in [2.05, 4.69) is 50.6 Å². The molecule has 0 saturated heterocycles. The number of carbonyl (C=O) groups excluding carboxylic acids is 1. The van der Waals surface area contributed by atoms with E-state index in [-0.39, 0.29) is 21.9 Å². The van der Waals surface area contributed by atoms with Crippen molar-refractivity contribution < 1.29 is 9.18 Å². The number of aldehydes is 1. The minimum absolute atomic E-state index is 0.0583. The second-order valence-electron chi connectivity index (χ2n) is 10.3. The molecule has 1 heterocycles. The third kappa shape index (κ3) is 6.02. The van der Waals surface area contributed by atoms with E-state index in [1.807, 2.05) is 6.20 Å². The predicted molar refractivity (Wildman–Crippen MR) is 146 cm³/mol. The molecular formula is C29H37ClFN3O. The number of nitrogens with one attached hydrogen (secondary N) is 1. The average Bonchev–Trinajstić information content (AvgIpc) is 2.84. The van der Waals surface area contributed by atoms with Crippen molar-refractivity contribution in [3.8, 4) is 0 Å². The molecule has 0 amide bonds. The fourth-order valence-corrected chi connectivity index (χ4v) is 5.04. The Bertz CT molecular complexity index is 1190. The summed E-state index contributed by atoms with van der Waals surface area (Å²) in [4.78, 5) is 15.9. The van der Waals surface area contributed by atoms with Gasteiger partial charge in [-0.1, -0.05) is 70.4 Å². The molecule has 1 atom stereocenters. The third-order valence-corrected chi connectivity index (χ3v) is 7.22. The van der Waals surface area contributed by atoms with Crippen LogP contribution >= 0.6 is 11.6 Å². The lowest BCUT2D eigenvalue weighted by atomic mass is 9.82. The first-order valence-corrected chi connectivity index (χ1v) is 12.8. The van der Waals surface area contributed by atoms with Gasteiger partial charge in [-0.2, -0.15) is 0 Å². The van der Waals surface area contributed by atoms with E-state index in [1.165, 1.54) is 32.4 Å². The molecule has 6 heteroatoms. The van der Waals surface area contributed by atoms with Crippen LogP contribution in [-0.2, 0) is 0 Å². The van der Waals surface area contributed by atoms with Crippen molar-refractivity contribution in [2.75, 3.05) is 12.4 Å². The smallest absolute Gasteiger partial charge is 0.154 e. The number of hydrogen-bond donors (Lipinski definition) is 2. The Kier molecular flexibility index (Phi) is 8.89. The zero-order valence-electron chi connectivity index (χ0n) is 21.3. The summed E-state index contributed by atoms with van der Waals surface area (Å²) in [5.41, 5.74) is 8.22. The average molecular weight is 498 g/mol. The lowest BCUT2D eigenvalue weighted by molar-refractivity contribution is 0.112. The minimum Gasteiger partial charge on any atom is -0.381 e. The molecular weight excluding hydrogens is 461 g/mol. The number of hydrogen-bond acceptors (Lipinski definition) is 4. The van der Waals surface area contributed by atoms with Crippen LogP contribution in [0.1, 0.15) is 86.7 Å². The number of rotatable bonds is 5. The first kappa shape index (κ1) is 27.1. The largest absolute Gasteiger partial charge is 0.381 e. The molecule has 35 heavy (non-hydrogen) atoms. The molecule has 1 aromatic carbocycles. The Labute approximate surface area is 213 Å². The SMILES string of the molecule is C=C(c1cnc2c(c1NC1CCCCC1)=CC(c1cc(F)c(C=O)c(Cl)c1)CC=2)C(C)(C)C.CN. The summed E-state index contributed by atoms with van der Waals surface area (Å²) in [5.74, 6) is -0.641. The number of fused-ring (bicyclic) bond motifs is 1. The highest BCUT2D eigenvalue weighted by Crippen LogP contribution is 2.36. The van der Waals surface area contributed by atoms with Crippen LogP contribution in [0.3, 0.4) is 0 Å². The van der Waals surface area contributed by atoms with Crippen molar-refractivity contribution in [3.05, 3.63) is 63.0 Å². The molecule has 1 fully saturated rings. The standard InChI is InChI=1S/C28H32ClFN2O.CH5N/c1-17(28(2,3)4)22-15-31-26-11-10-18(19-13-24(29)23(16-33)25(30)14-19)12-21(26)27(22)32-20-8-6-5-7-9-20;1-2/h11-16,18,20,32H,1,5-10H2,2-4H3;2H2,1H3. The number of anilines is 1. The lowest BCUT2D eigenvalue weighted by Crippen LogP contribution is -2.38. The van der Waals surface area contributed by atoms with Gasteiger partial charge in [-0.3, -0.25) is 9.78 Å². The van der Waals surface area contributed by atoms with Crippen molar-refractivity contribution in [2.24, 2.45) is 11.1 Å². The maximum absolute atomic E-state index is 14.5. The van der Waals surface area contributed by atoms with Gasteiger partial charge in [0.1, 0.15) is 5.82 Å². The van der Waals surface area contributed by atoms with Crippen LogP contribution in [0.5, 0.6) is 0 Å². The summed E-state index contributed by atoms with van der Waals surface area (Å²) in [6.07, 6.45) is 13.4. The van der Waals surface area contributed by atoms with Gasteiger partial charge in [0.15, 0.2) is 6.29 Å². The summed E-state index contributed by atoms with van der Waals surface area (Å²) < 4.78 is 14.5. The van der Waals surface area contributed by atoms with Crippen molar-refractivity contribution >= 4 is 41.3 Å². The molecule has 1 saturated carbocycles. The van der Waals surface area contributed by atoms with Crippen LogP contribution < -0.4 is 21.6 Å². The van der Waals surface area contributed by atoms with E-state index >= 15 is 0 Å². The maximum Gasteiger partial charge on any atom is 0.154 e. The zero-order valence-corrected chi connectivity index (χ0v) is 22.0. The Morgan fingerprint density at radius 1 is 1.23 bits per heavy atom. The summed E-state index contributed by atoms with van der Waals surface area (Å²) in [6, 6.07) is 3.55.